The number of carbonyl (C=O) groups is 1. The molecule has 1 aromatic carbocycles. The van der Waals surface area contributed by atoms with Gasteiger partial charge in [-0.1, -0.05) is 30.3 Å². The number of nitrogens with two attached hydrogens (primary N) is 1. The lowest BCUT2D eigenvalue weighted by atomic mass is 10.1. The molecule has 7 heteroatoms. The van der Waals surface area contributed by atoms with E-state index in [-0.39, 0.29) is 0 Å². The van der Waals surface area contributed by atoms with Crippen LogP contribution in [0.2, 0.25) is 0 Å². The Morgan fingerprint density at radius 3 is 2.75 bits per heavy atom. The number of hydrogen-bond donors (Lipinski definition) is 2. The largest absolute Gasteiger partial charge is 0.480 e. The molecule has 0 amide bonds. The van der Waals surface area contributed by atoms with Gasteiger partial charge in [0.2, 0.25) is 0 Å². The molecule has 124 valence electrons. The molecular formula is C17H19N5O2. The fourth-order valence-electron chi connectivity index (χ4n) is 2.62. The van der Waals surface area contributed by atoms with Crippen LogP contribution in [-0.2, 0) is 17.8 Å². The number of carboxylic acid groups (broad SMARTS) is 1. The van der Waals surface area contributed by atoms with Crippen molar-refractivity contribution in [3.05, 3.63) is 54.2 Å². The monoisotopic (exact) mass is 325 g/mol. The fraction of sp³-hybridized carbons (Fsp3) is 0.294. The van der Waals surface area contributed by atoms with Crippen molar-refractivity contribution in [3.8, 4) is 0 Å². The lowest BCUT2D eigenvalue weighted by Gasteiger charge is -2.06. The molecule has 0 spiro atoms. The second-order valence-electron chi connectivity index (χ2n) is 5.69. The Morgan fingerprint density at radius 1 is 1.21 bits per heavy atom. The predicted molar refractivity (Wildman–Crippen MR) is 89.4 cm³/mol. The molecule has 0 saturated heterocycles. The standard InChI is InChI=1S/C17H19N5O2/c18-13(17(23)24)7-4-8-14-15-16(20-10-19-14)22(11-21-15)9-12-5-2-1-3-6-12/h1-3,5-6,10-11,13H,4,7-9,18H2,(H,23,24). The van der Waals surface area contributed by atoms with E-state index in [0.29, 0.717) is 25.8 Å². The van der Waals surface area contributed by atoms with E-state index in [1.807, 2.05) is 22.8 Å². The van der Waals surface area contributed by atoms with Crippen LogP contribution in [0.4, 0.5) is 0 Å². The summed E-state index contributed by atoms with van der Waals surface area (Å²) in [6.45, 7) is 0.692. The molecule has 1 atom stereocenters. The number of imidazole rings is 1. The first-order chi connectivity index (χ1) is 11.6. The van der Waals surface area contributed by atoms with Gasteiger partial charge in [0.15, 0.2) is 5.65 Å². The number of fused-ring (bicyclic) bond motifs is 1. The summed E-state index contributed by atoms with van der Waals surface area (Å²) in [7, 11) is 0. The topological polar surface area (TPSA) is 107 Å². The smallest absolute Gasteiger partial charge is 0.320 e. The number of benzene rings is 1. The van der Waals surface area contributed by atoms with E-state index in [4.69, 9.17) is 10.8 Å². The summed E-state index contributed by atoms with van der Waals surface area (Å²) in [4.78, 5) is 23.8. The Hall–Kier alpha value is -2.80. The third-order valence-corrected chi connectivity index (χ3v) is 3.92. The van der Waals surface area contributed by atoms with E-state index in [2.05, 4.69) is 27.1 Å². The molecule has 0 fully saturated rings. The van der Waals surface area contributed by atoms with E-state index in [1.165, 1.54) is 11.9 Å². The molecule has 2 aromatic heterocycles. The fourth-order valence-corrected chi connectivity index (χ4v) is 2.62. The Labute approximate surface area is 139 Å². The SMILES string of the molecule is NC(CCCc1ncnc2c1ncn2Cc1ccccc1)C(=O)O. The van der Waals surface area contributed by atoms with Crippen molar-refractivity contribution in [3.63, 3.8) is 0 Å². The van der Waals surface area contributed by atoms with Gasteiger partial charge in [0.25, 0.3) is 0 Å². The number of nitrogens with zero attached hydrogens (tertiary/aromatic N) is 4. The Morgan fingerprint density at radius 2 is 2.00 bits per heavy atom. The highest BCUT2D eigenvalue weighted by atomic mass is 16.4. The minimum Gasteiger partial charge on any atom is -0.480 e. The summed E-state index contributed by atoms with van der Waals surface area (Å²) in [5, 5.41) is 8.83. The van der Waals surface area contributed by atoms with Crippen LogP contribution >= 0.6 is 0 Å². The molecule has 0 radical (unpaired) electrons. The van der Waals surface area contributed by atoms with Crippen molar-refractivity contribution in [1.29, 1.82) is 0 Å². The highest BCUT2D eigenvalue weighted by Gasteiger charge is 2.13. The van der Waals surface area contributed by atoms with Gasteiger partial charge in [-0.05, 0) is 24.8 Å². The minimum atomic E-state index is -0.977. The van der Waals surface area contributed by atoms with Crippen molar-refractivity contribution in [2.75, 3.05) is 0 Å². The second-order valence-corrected chi connectivity index (χ2v) is 5.69. The van der Waals surface area contributed by atoms with Crippen molar-refractivity contribution >= 4 is 17.1 Å². The number of rotatable bonds is 7. The summed E-state index contributed by atoms with van der Waals surface area (Å²) < 4.78 is 1.98. The maximum Gasteiger partial charge on any atom is 0.320 e. The molecule has 3 aromatic rings. The third kappa shape index (κ3) is 3.57. The number of aryl methyl sites for hydroxylation is 1. The summed E-state index contributed by atoms with van der Waals surface area (Å²) in [6.07, 6.45) is 4.97. The van der Waals surface area contributed by atoms with Crippen LogP contribution in [-0.4, -0.2) is 36.6 Å². The van der Waals surface area contributed by atoms with Gasteiger partial charge in [-0.15, -0.1) is 0 Å². The highest BCUT2D eigenvalue weighted by Crippen LogP contribution is 2.16. The average Bonchev–Trinajstić information content (AvgIpc) is 2.99. The van der Waals surface area contributed by atoms with Crippen LogP contribution in [0.15, 0.2) is 43.0 Å². The highest BCUT2D eigenvalue weighted by molar-refractivity contribution is 5.73. The molecule has 0 aliphatic heterocycles. The Balaban J connectivity index is 1.75. The van der Waals surface area contributed by atoms with Crippen LogP contribution in [0.5, 0.6) is 0 Å². The Kier molecular flexibility index (Phi) is 4.81. The van der Waals surface area contributed by atoms with Crippen LogP contribution in [0.1, 0.15) is 24.1 Å². The molecule has 7 nitrogen and oxygen atoms in total. The van der Waals surface area contributed by atoms with Crippen molar-refractivity contribution in [2.24, 2.45) is 5.73 Å². The molecule has 0 bridgehead atoms. The zero-order valence-electron chi connectivity index (χ0n) is 13.2. The van der Waals surface area contributed by atoms with Crippen molar-refractivity contribution < 1.29 is 9.90 Å². The summed E-state index contributed by atoms with van der Waals surface area (Å²) in [5.41, 5.74) is 9.07. The van der Waals surface area contributed by atoms with Gasteiger partial charge in [-0.2, -0.15) is 0 Å². The number of carboxylic acids is 1. The predicted octanol–water partition coefficient (Wildman–Crippen LogP) is 1.61. The summed E-state index contributed by atoms with van der Waals surface area (Å²) >= 11 is 0. The molecule has 1 unspecified atom stereocenters. The molecule has 0 aliphatic rings. The van der Waals surface area contributed by atoms with Crippen molar-refractivity contribution in [2.45, 2.75) is 31.8 Å². The first-order valence-corrected chi connectivity index (χ1v) is 7.82. The molecule has 2 heterocycles. The van der Waals surface area contributed by atoms with Gasteiger partial charge in [0.1, 0.15) is 17.9 Å². The first-order valence-electron chi connectivity index (χ1n) is 7.82. The number of aromatic nitrogens is 4. The van der Waals surface area contributed by atoms with Crippen LogP contribution < -0.4 is 5.73 Å². The third-order valence-electron chi connectivity index (χ3n) is 3.92. The minimum absolute atomic E-state index is 0.408. The van der Waals surface area contributed by atoms with Gasteiger partial charge in [-0.25, -0.2) is 15.0 Å². The zero-order valence-corrected chi connectivity index (χ0v) is 13.2. The van der Waals surface area contributed by atoms with Crippen LogP contribution in [0, 0.1) is 0 Å². The molecule has 24 heavy (non-hydrogen) atoms. The molecular weight excluding hydrogens is 306 g/mol. The van der Waals surface area contributed by atoms with Crippen LogP contribution in [0.25, 0.3) is 11.2 Å². The number of aliphatic carboxylic acids is 1. The van der Waals surface area contributed by atoms with E-state index in [9.17, 15) is 4.79 Å². The second kappa shape index (κ2) is 7.18. The van der Waals surface area contributed by atoms with Gasteiger partial charge in [0, 0.05) is 0 Å². The summed E-state index contributed by atoms with van der Waals surface area (Å²) in [6, 6.07) is 9.26. The Bertz CT molecular complexity index is 831. The number of hydrogen-bond acceptors (Lipinski definition) is 5. The quantitative estimate of drug-likeness (QED) is 0.683. The normalized spacial score (nSPS) is 12.4. The molecule has 0 aliphatic carbocycles. The zero-order chi connectivity index (χ0) is 16.9. The van der Waals surface area contributed by atoms with E-state index < -0.39 is 12.0 Å². The van der Waals surface area contributed by atoms with Gasteiger partial charge in [0.05, 0.1) is 18.6 Å². The molecule has 0 saturated carbocycles. The molecule has 3 rings (SSSR count). The maximum atomic E-state index is 10.8. The maximum absolute atomic E-state index is 10.8. The molecule has 3 N–H and O–H groups in total. The van der Waals surface area contributed by atoms with Gasteiger partial charge in [-0.3, -0.25) is 4.79 Å². The lowest BCUT2D eigenvalue weighted by molar-refractivity contribution is -0.138. The summed E-state index contributed by atoms with van der Waals surface area (Å²) in [5.74, 6) is -0.977. The lowest BCUT2D eigenvalue weighted by Crippen LogP contribution is -2.29. The van der Waals surface area contributed by atoms with Crippen molar-refractivity contribution in [1.82, 2.24) is 19.5 Å². The van der Waals surface area contributed by atoms with Gasteiger partial charge < -0.3 is 15.4 Å². The van der Waals surface area contributed by atoms with Crippen LogP contribution in [0.3, 0.4) is 0 Å². The average molecular weight is 325 g/mol. The van der Waals surface area contributed by atoms with E-state index in [0.717, 1.165) is 16.9 Å². The van der Waals surface area contributed by atoms with Gasteiger partial charge >= 0.3 is 5.97 Å². The van der Waals surface area contributed by atoms with E-state index in [1.54, 1.807) is 6.33 Å². The first kappa shape index (κ1) is 16.1. The van der Waals surface area contributed by atoms with E-state index >= 15 is 0 Å².